The Kier molecular flexibility index (Phi) is 5.17. The highest BCUT2D eigenvalue weighted by Gasteiger charge is 2.11. The van der Waals surface area contributed by atoms with Crippen LogP contribution in [0.1, 0.15) is 18.6 Å². The molecule has 0 saturated heterocycles. The molecule has 0 spiro atoms. The number of hydrogen-bond donors (Lipinski definition) is 2. The van der Waals surface area contributed by atoms with E-state index in [9.17, 15) is 4.79 Å². The van der Waals surface area contributed by atoms with Crippen LogP contribution < -0.4 is 10.6 Å². The van der Waals surface area contributed by atoms with Crippen LogP contribution in [0.25, 0.3) is 0 Å². The van der Waals surface area contributed by atoms with Crippen LogP contribution in [0.3, 0.4) is 0 Å². The molecule has 1 rings (SSSR count). The number of carbonyl (C=O) groups excluding carboxylic acids is 1. The number of nitrogens with zero attached hydrogens (tertiary/aromatic N) is 2. The van der Waals surface area contributed by atoms with Gasteiger partial charge >= 0.3 is 0 Å². The zero-order valence-electron chi connectivity index (χ0n) is 9.99. The fourth-order valence-corrected chi connectivity index (χ4v) is 1.22. The van der Waals surface area contributed by atoms with E-state index >= 15 is 0 Å². The summed E-state index contributed by atoms with van der Waals surface area (Å²) in [6.45, 7) is 4.36. The Hall–Kier alpha value is -1.87. The smallest absolute Gasteiger partial charge is 0.237 e. The quantitative estimate of drug-likeness (QED) is 0.660. The first kappa shape index (κ1) is 13.2. The van der Waals surface area contributed by atoms with Gasteiger partial charge in [-0.3, -0.25) is 4.79 Å². The molecule has 0 aliphatic heterocycles. The molecule has 1 atom stereocenters. The van der Waals surface area contributed by atoms with Crippen molar-refractivity contribution in [1.82, 2.24) is 20.8 Å². The van der Waals surface area contributed by atoms with E-state index in [4.69, 9.17) is 10.9 Å². The third kappa shape index (κ3) is 4.66. The number of aromatic nitrogens is 2. The van der Waals surface area contributed by atoms with E-state index in [0.29, 0.717) is 24.7 Å². The number of amides is 1. The minimum atomic E-state index is -0.299. The number of hydrogen-bond acceptors (Lipinski definition) is 5. The molecule has 0 aliphatic rings. The SMILES string of the molecule is C#CCNC(=O)C(C)NCCc1nc(C)no1. The topological polar surface area (TPSA) is 80.0 Å². The van der Waals surface area contributed by atoms with Gasteiger partial charge in [0.25, 0.3) is 0 Å². The summed E-state index contributed by atoms with van der Waals surface area (Å²) < 4.78 is 4.94. The molecule has 17 heavy (non-hydrogen) atoms. The minimum absolute atomic E-state index is 0.121. The summed E-state index contributed by atoms with van der Waals surface area (Å²) in [5, 5.41) is 9.31. The lowest BCUT2D eigenvalue weighted by Gasteiger charge is -2.11. The van der Waals surface area contributed by atoms with Crippen LogP contribution in [0, 0.1) is 19.3 Å². The summed E-state index contributed by atoms with van der Waals surface area (Å²) in [6.07, 6.45) is 5.63. The number of nitrogens with one attached hydrogen (secondary N) is 2. The van der Waals surface area contributed by atoms with E-state index in [2.05, 4.69) is 26.7 Å². The van der Waals surface area contributed by atoms with Gasteiger partial charge in [-0.15, -0.1) is 6.42 Å². The predicted molar refractivity (Wildman–Crippen MR) is 62.0 cm³/mol. The fourth-order valence-electron chi connectivity index (χ4n) is 1.22. The normalized spacial score (nSPS) is 11.8. The van der Waals surface area contributed by atoms with Gasteiger partial charge in [-0.25, -0.2) is 0 Å². The maximum atomic E-state index is 11.4. The van der Waals surface area contributed by atoms with E-state index in [1.807, 2.05) is 0 Å². The van der Waals surface area contributed by atoms with E-state index in [-0.39, 0.29) is 18.5 Å². The molecule has 0 radical (unpaired) electrons. The van der Waals surface area contributed by atoms with Crippen LogP contribution in [-0.4, -0.2) is 35.2 Å². The van der Waals surface area contributed by atoms with E-state index in [1.54, 1.807) is 13.8 Å². The van der Waals surface area contributed by atoms with Crippen LogP contribution in [0.4, 0.5) is 0 Å². The van der Waals surface area contributed by atoms with Gasteiger partial charge in [0.2, 0.25) is 11.8 Å². The van der Waals surface area contributed by atoms with Gasteiger partial charge in [0.15, 0.2) is 5.82 Å². The Morgan fingerprint density at radius 2 is 2.41 bits per heavy atom. The van der Waals surface area contributed by atoms with Gasteiger partial charge in [-0.2, -0.15) is 4.98 Å². The van der Waals surface area contributed by atoms with Gasteiger partial charge in [0.05, 0.1) is 12.6 Å². The molecule has 0 fully saturated rings. The maximum Gasteiger partial charge on any atom is 0.237 e. The molecule has 6 heteroatoms. The first-order valence-corrected chi connectivity index (χ1v) is 5.37. The van der Waals surface area contributed by atoms with Crippen LogP contribution in [0.5, 0.6) is 0 Å². The molecule has 6 nitrogen and oxygen atoms in total. The van der Waals surface area contributed by atoms with Crippen LogP contribution >= 0.6 is 0 Å². The lowest BCUT2D eigenvalue weighted by molar-refractivity contribution is -0.122. The summed E-state index contributed by atoms with van der Waals surface area (Å²) in [5.41, 5.74) is 0. The maximum absolute atomic E-state index is 11.4. The van der Waals surface area contributed by atoms with E-state index in [1.165, 1.54) is 0 Å². The highest BCUT2D eigenvalue weighted by molar-refractivity contribution is 5.81. The van der Waals surface area contributed by atoms with Crippen LogP contribution in [0.15, 0.2) is 4.52 Å². The molecule has 0 aliphatic carbocycles. The molecular weight excluding hydrogens is 220 g/mol. The average molecular weight is 236 g/mol. The van der Waals surface area contributed by atoms with Crippen molar-refractivity contribution in [3.05, 3.63) is 11.7 Å². The van der Waals surface area contributed by atoms with Gasteiger partial charge in [0.1, 0.15) is 0 Å². The molecule has 1 amide bonds. The van der Waals surface area contributed by atoms with Crippen molar-refractivity contribution in [2.24, 2.45) is 0 Å². The van der Waals surface area contributed by atoms with Gasteiger partial charge < -0.3 is 15.2 Å². The second-order valence-corrected chi connectivity index (χ2v) is 3.58. The fraction of sp³-hybridized carbons (Fsp3) is 0.545. The molecule has 0 bridgehead atoms. The van der Waals surface area contributed by atoms with Crippen molar-refractivity contribution in [3.8, 4) is 12.3 Å². The lowest BCUT2D eigenvalue weighted by atomic mass is 10.3. The molecule has 0 aromatic carbocycles. The van der Waals surface area contributed by atoms with Gasteiger partial charge in [0, 0.05) is 13.0 Å². The molecule has 1 aromatic heterocycles. The predicted octanol–water partition coefficient (Wildman–Crippen LogP) is -0.352. The summed E-state index contributed by atoms with van der Waals surface area (Å²) in [6, 6.07) is -0.299. The monoisotopic (exact) mass is 236 g/mol. The minimum Gasteiger partial charge on any atom is -0.344 e. The van der Waals surface area contributed by atoms with Crippen molar-refractivity contribution >= 4 is 5.91 Å². The first-order valence-electron chi connectivity index (χ1n) is 5.37. The van der Waals surface area contributed by atoms with Crippen molar-refractivity contribution in [3.63, 3.8) is 0 Å². The molecule has 92 valence electrons. The van der Waals surface area contributed by atoms with Crippen molar-refractivity contribution in [2.45, 2.75) is 26.3 Å². The number of carbonyl (C=O) groups is 1. The molecular formula is C11H16N4O2. The molecule has 0 saturated carbocycles. The van der Waals surface area contributed by atoms with Crippen molar-refractivity contribution in [1.29, 1.82) is 0 Å². The van der Waals surface area contributed by atoms with Crippen LogP contribution in [-0.2, 0) is 11.2 Å². The molecule has 1 unspecified atom stereocenters. The average Bonchev–Trinajstić information content (AvgIpc) is 2.71. The highest BCUT2D eigenvalue weighted by Crippen LogP contribution is 1.96. The summed E-state index contributed by atoms with van der Waals surface area (Å²) in [4.78, 5) is 15.5. The molecule has 2 N–H and O–H groups in total. The largest absolute Gasteiger partial charge is 0.344 e. The number of terminal acetylenes is 1. The highest BCUT2D eigenvalue weighted by atomic mass is 16.5. The second-order valence-electron chi connectivity index (χ2n) is 3.58. The summed E-state index contributed by atoms with van der Waals surface area (Å²) in [5.74, 6) is 3.40. The second kappa shape index (κ2) is 6.66. The Balaban J connectivity index is 2.22. The van der Waals surface area contributed by atoms with Crippen molar-refractivity contribution in [2.75, 3.05) is 13.1 Å². The lowest BCUT2D eigenvalue weighted by Crippen LogP contribution is -2.42. The Bertz CT molecular complexity index is 408. The Labute approximate surface area is 100 Å². The summed E-state index contributed by atoms with van der Waals surface area (Å²) in [7, 11) is 0. The van der Waals surface area contributed by atoms with Crippen molar-refractivity contribution < 1.29 is 9.32 Å². The van der Waals surface area contributed by atoms with Gasteiger partial charge in [-0.05, 0) is 13.8 Å². The van der Waals surface area contributed by atoms with Gasteiger partial charge in [-0.1, -0.05) is 11.1 Å². The third-order valence-electron chi connectivity index (χ3n) is 2.12. The third-order valence-corrected chi connectivity index (χ3v) is 2.12. The zero-order valence-corrected chi connectivity index (χ0v) is 9.99. The molecule has 1 heterocycles. The standard InChI is InChI=1S/C11H16N4O2/c1-4-6-13-11(16)8(2)12-7-5-10-14-9(3)15-17-10/h1,8,12H,5-7H2,2-3H3,(H,13,16). The number of aryl methyl sites for hydroxylation is 1. The zero-order chi connectivity index (χ0) is 12.7. The van der Waals surface area contributed by atoms with E-state index in [0.717, 1.165) is 0 Å². The number of rotatable bonds is 6. The Morgan fingerprint density at radius 3 is 3.00 bits per heavy atom. The van der Waals surface area contributed by atoms with E-state index < -0.39 is 0 Å². The molecule has 1 aromatic rings. The van der Waals surface area contributed by atoms with Crippen LogP contribution in [0.2, 0.25) is 0 Å². The summed E-state index contributed by atoms with van der Waals surface area (Å²) >= 11 is 0. The Morgan fingerprint density at radius 1 is 1.65 bits per heavy atom. The first-order chi connectivity index (χ1) is 8.13.